The van der Waals surface area contributed by atoms with Crippen molar-refractivity contribution in [2.24, 2.45) is 0 Å². The van der Waals surface area contributed by atoms with Crippen LogP contribution >= 0.6 is 11.3 Å². The van der Waals surface area contributed by atoms with Crippen LogP contribution in [0.5, 0.6) is 5.75 Å². The van der Waals surface area contributed by atoms with Crippen molar-refractivity contribution in [2.75, 3.05) is 6.54 Å². The summed E-state index contributed by atoms with van der Waals surface area (Å²) in [5, 5.41) is 4.93. The molecule has 0 aliphatic heterocycles. The molecule has 0 aliphatic carbocycles. The van der Waals surface area contributed by atoms with Gasteiger partial charge in [0.05, 0.1) is 11.2 Å². The summed E-state index contributed by atoms with van der Waals surface area (Å²) in [6.07, 6.45) is 0.826. The Morgan fingerprint density at radius 2 is 1.96 bits per heavy atom. The third-order valence-corrected chi connectivity index (χ3v) is 4.80. The largest absolute Gasteiger partial charge is 0.487 e. The maximum absolute atomic E-state index is 12.3. The first kappa shape index (κ1) is 18.1. The van der Waals surface area contributed by atoms with Gasteiger partial charge in [-0.15, -0.1) is 11.3 Å². The number of hydrogen-bond donors (Lipinski definition) is 1. The number of nitrogens with one attached hydrogen (secondary N) is 1. The first-order chi connectivity index (χ1) is 12.6. The Labute approximate surface area is 157 Å². The molecular weight excluding hydrogens is 344 g/mol. The van der Waals surface area contributed by atoms with E-state index in [4.69, 9.17) is 4.74 Å². The average Bonchev–Trinajstić information content (AvgIpc) is 3.16. The Morgan fingerprint density at radius 3 is 2.65 bits per heavy atom. The van der Waals surface area contributed by atoms with Crippen LogP contribution in [0.4, 0.5) is 0 Å². The maximum atomic E-state index is 12.3. The van der Waals surface area contributed by atoms with E-state index >= 15 is 0 Å². The van der Waals surface area contributed by atoms with Gasteiger partial charge in [0.2, 0.25) is 0 Å². The van der Waals surface area contributed by atoms with Crippen molar-refractivity contribution in [1.29, 1.82) is 0 Å². The van der Waals surface area contributed by atoms with Gasteiger partial charge in [0.25, 0.3) is 5.91 Å². The number of amides is 1. The molecule has 1 aromatic heterocycles. The van der Waals surface area contributed by atoms with Gasteiger partial charge in [-0.05, 0) is 55.7 Å². The standard InChI is InChI=1S/C21H22N2O2S/c1-15-3-4-17(16(2)11-15)9-10-22-21(24)18-5-7-20(8-6-18)25-12-19-13-26-14-23-19/h3-8,11,13-14H,9-10,12H2,1-2H3,(H,22,24). The molecule has 5 heteroatoms. The van der Waals surface area contributed by atoms with E-state index in [-0.39, 0.29) is 5.91 Å². The van der Waals surface area contributed by atoms with Crippen molar-refractivity contribution in [1.82, 2.24) is 10.3 Å². The lowest BCUT2D eigenvalue weighted by Gasteiger charge is -2.09. The van der Waals surface area contributed by atoms with Crippen LogP contribution in [0, 0.1) is 13.8 Å². The molecule has 0 radical (unpaired) electrons. The van der Waals surface area contributed by atoms with E-state index in [2.05, 4.69) is 42.3 Å². The first-order valence-electron chi connectivity index (χ1n) is 8.56. The quantitative estimate of drug-likeness (QED) is 0.678. The minimum absolute atomic E-state index is 0.0687. The molecule has 1 heterocycles. The lowest BCUT2D eigenvalue weighted by molar-refractivity contribution is 0.0954. The summed E-state index contributed by atoms with van der Waals surface area (Å²) >= 11 is 1.54. The summed E-state index contributed by atoms with van der Waals surface area (Å²) < 4.78 is 5.66. The molecule has 0 spiro atoms. The Bertz CT molecular complexity index is 858. The molecule has 0 atom stereocenters. The molecule has 1 amide bonds. The molecule has 0 saturated heterocycles. The zero-order valence-corrected chi connectivity index (χ0v) is 15.8. The predicted octanol–water partition coefficient (Wildman–Crippen LogP) is 4.31. The lowest BCUT2D eigenvalue weighted by atomic mass is 10.0. The van der Waals surface area contributed by atoms with E-state index in [1.165, 1.54) is 16.7 Å². The Kier molecular flexibility index (Phi) is 6.02. The summed E-state index contributed by atoms with van der Waals surface area (Å²) in [6.45, 7) is 5.24. The second kappa shape index (κ2) is 8.63. The normalized spacial score (nSPS) is 10.5. The molecule has 4 nitrogen and oxygen atoms in total. The number of hydrogen-bond acceptors (Lipinski definition) is 4. The molecule has 0 aliphatic rings. The monoisotopic (exact) mass is 366 g/mol. The smallest absolute Gasteiger partial charge is 0.251 e. The van der Waals surface area contributed by atoms with E-state index in [9.17, 15) is 4.79 Å². The van der Waals surface area contributed by atoms with Crippen molar-refractivity contribution < 1.29 is 9.53 Å². The highest BCUT2D eigenvalue weighted by atomic mass is 32.1. The Hall–Kier alpha value is -2.66. The van der Waals surface area contributed by atoms with Crippen LogP contribution < -0.4 is 10.1 Å². The molecule has 3 aromatic rings. The molecule has 134 valence electrons. The summed E-state index contributed by atoms with van der Waals surface area (Å²) in [7, 11) is 0. The lowest BCUT2D eigenvalue weighted by Crippen LogP contribution is -2.25. The maximum Gasteiger partial charge on any atom is 0.251 e. The van der Waals surface area contributed by atoms with Gasteiger partial charge < -0.3 is 10.1 Å². The van der Waals surface area contributed by atoms with Crippen LogP contribution in [0.2, 0.25) is 0 Å². The Morgan fingerprint density at radius 1 is 1.15 bits per heavy atom. The molecule has 0 saturated carbocycles. The molecule has 1 N–H and O–H groups in total. The van der Waals surface area contributed by atoms with Crippen LogP contribution in [-0.4, -0.2) is 17.4 Å². The van der Waals surface area contributed by atoms with Gasteiger partial charge >= 0.3 is 0 Å². The van der Waals surface area contributed by atoms with Crippen LogP contribution in [0.3, 0.4) is 0 Å². The summed E-state index contributed by atoms with van der Waals surface area (Å²) in [4.78, 5) is 16.4. The third kappa shape index (κ3) is 4.92. The average molecular weight is 366 g/mol. The van der Waals surface area contributed by atoms with Crippen molar-refractivity contribution in [3.05, 3.63) is 81.3 Å². The van der Waals surface area contributed by atoms with E-state index in [0.717, 1.165) is 17.9 Å². The molecule has 3 rings (SSSR count). The van der Waals surface area contributed by atoms with E-state index in [1.54, 1.807) is 29.0 Å². The van der Waals surface area contributed by atoms with Crippen molar-refractivity contribution >= 4 is 17.2 Å². The summed E-state index contributed by atoms with van der Waals surface area (Å²) in [6, 6.07) is 13.6. The number of ether oxygens (including phenoxy) is 1. The van der Waals surface area contributed by atoms with Crippen molar-refractivity contribution in [3.63, 3.8) is 0 Å². The fourth-order valence-electron chi connectivity index (χ4n) is 2.71. The van der Waals surface area contributed by atoms with Crippen LogP contribution in [0.15, 0.2) is 53.4 Å². The van der Waals surface area contributed by atoms with Gasteiger partial charge in [-0.3, -0.25) is 4.79 Å². The minimum atomic E-state index is -0.0687. The minimum Gasteiger partial charge on any atom is -0.487 e. The molecule has 26 heavy (non-hydrogen) atoms. The van der Waals surface area contributed by atoms with Gasteiger partial charge in [0, 0.05) is 17.5 Å². The highest BCUT2D eigenvalue weighted by Gasteiger charge is 2.06. The third-order valence-electron chi connectivity index (χ3n) is 4.16. The first-order valence-corrected chi connectivity index (χ1v) is 9.50. The van der Waals surface area contributed by atoms with Gasteiger partial charge in [0.1, 0.15) is 12.4 Å². The number of aromatic nitrogens is 1. The molecule has 0 fully saturated rings. The second-order valence-electron chi connectivity index (χ2n) is 6.23. The molecular formula is C21H22N2O2S. The zero-order chi connectivity index (χ0) is 18.4. The number of aryl methyl sites for hydroxylation is 2. The topological polar surface area (TPSA) is 51.2 Å². The Balaban J connectivity index is 1.48. The molecule has 2 aromatic carbocycles. The number of carbonyl (C=O) groups is 1. The molecule has 0 unspecified atom stereocenters. The van der Waals surface area contributed by atoms with Crippen LogP contribution in [0.25, 0.3) is 0 Å². The highest BCUT2D eigenvalue weighted by molar-refractivity contribution is 7.07. The zero-order valence-electron chi connectivity index (χ0n) is 15.0. The number of nitrogens with zero attached hydrogens (tertiary/aromatic N) is 1. The van der Waals surface area contributed by atoms with Gasteiger partial charge in [-0.2, -0.15) is 0 Å². The predicted molar refractivity (Wildman–Crippen MR) is 105 cm³/mol. The van der Waals surface area contributed by atoms with Gasteiger partial charge in [-0.25, -0.2) is 4.98 Å². The second-order valence-corrected chi connectivity index (χ2v) is 6.95. The summed E-state index contributed by atoms with van der Waals surface area (Å²) in [5.74, 6) is 0.658. The number of thiazole rings is 1. The van der Waals surface area contributed by atoms with E-state index < -0.39 is 0 Å². The number of carbonyl (C=O) groups excluding carboxylic acids is 1. The van der Waals surface area contributed by atoms with Crippen molar-refractivity contribution in [2.45, 2.75) is 26.9 Å². The van der Waals surface area contributed by atoms with E-state index in [1.807, 2.05) is 17.5 Å². The fourth-order valence-corrected chi connectivity index (χ4v) is 3.25. The summed E-state index contributed by atoms with van der Waals surface area (Å²) in [5.41, 5.74) is 7.11. The molecule has 0 bridgehead atoms. The van der Waals surface area contributed by atoms with Gasteiger partial charge in [-0.1, -0.05) is 23.8 Å². The SMILES string of the molecule is Cc1ccc(CCNC(=O)c2ccc(OCc3cscn3)cc2)c(C)c1. The highest BCUT2D eigenvalue weighted by Crippen LogP contribution is 2.15. The van der Waals surface area contributed by atoms with Gasteiger partial charge in [0.15, 0.2) is 0 Å². The van der Waals surface area contributed by atoms with E-state index in [0.29, 0.717) is 18.7 Å². The number of benzene rings is 2. The van der Waals surface area contributed by atoms with Crippen LogP contribution in [-0.2, 0) is 13.0 Å². The fraction of sp³-hybridized carbons (Fsp3) is 0.238. The van der Waals surface area contributed by atoms with Crippen molar-refractivity contribution in [3.8, 4) is 5.75 Å². The number of rotatable bonds is 7. The van der Waals surface area contributed by atoms with Crippen LogP contribution in [0.1, 0.15) is 32.7 Å².